The van der Waals surface area contributed by atoms with Crippen molar-refractivity contribution < 1.29 is 0 Å². The highest BCUT2D eigenvalue weighted by Gasteiger charge is 2.67. The Labute approximate surface area is 101 Å². The second kappa shape index (κ2) is 3.37. The smallest absolute Gasteiger partial charge is 0.0282 e. The Morgan fingerprint density at radius 2 is 1.60 bits per heavy atom. The Morgan fingerprint density at radius 3 is 1.87 bits per heavy atom. The van der Waals surface area contributed by atoms with E-state index < -0.39 is 0 Å². The van der Waals surface area contributed by atoms with Gasteiger partial charge in [-0.05, 0) is 57.0 Å². The molecule has 0 aromatic heterocycles. The van der Waals surface area contributed by atoms with Gasteiger partial charge in [-0.1, -0.05) is 20.8 Å². The van der Waals surface area contributed by atoms with Crippen molar-refractivity contribution in [2.24, 2.45) is 16.7 Å². The fraction of sp³-hybridized carbons (Fsp3) is 1.00. The van der Waals surface area contributed by atoms with E-state index in [0.29, 0.717) is 16.4 Å². The summed E-state index contributed by atoms with van der Waals surface area (Å²) in [7, 11) is 4.52. The molecule has 2 bridgehead atoms. The molecule has 3 atom stereocenters. The van der Waals surface area contributed by atoms with Gasteiger partial charge in [0, 0.05) is 5.54 Å². The van der Waals surface area contributed by atoms with Gasteiger partial charge >= 0.3 is 0 Å². The summed E-state index contributed by atoms with van der Waals surface area (Å²) in [6.07, 6.45) is 4.32. The third kappa shape index (κ3) is 1.26. The van der Waals surface area contributed by atoms with Gasteiger partial charge in [0.05, 0.1) is 0 Å². The number of hydrogen-bond donors (Lipinski definition) is 0. The fourth-order valence-electron chi connectivity index (χ4n) is 4.59. The first-order chi connectivity index (χ1) is 6.26. The van der Waals surface area contributed by atoms with E-state index in [1.165, 1.54) is 19.3 Å². The molecule has 15 heavy (non-hydrogen) atoms. The molecule has 90 valence electrons. The van der Waals surface area contributed by atoms with E-state index in [-0.39, 0.29) is 12.4 Å². The molecule has 2 rings (SSSR count). The predicted molar refractivity (Wildman–Crippen MR) is 68.6 cm³/mol. The van der Waals surface area contributed by atoms with Crippen LogP contribution in [0.3, 0.4) is 0 Å². The second-order valence-electron chi connectivity index (χ2n) is 6.69. The Balaban J connectivity index is 0.00000112. The van der Waals surface area contributed by atoms with Gasteiger partial charge < -0.3 is 4.90 Å². The zero-order valence-corrected chi connectivity index (χ0v) is 11.9. The molecule has 0 saturated heterocycles. The van der Waals surface area contributed by atoms with Gasteiger partial charge in [-0.3, -0.25) is 0 Å². The van der Waals surface area contributed by atoms with Gasteiger partial charge in [0.15, 0.2) is 0 Å². The lowest BCUT2D eigenvalue weighted by Crippen LogP contribution is -2.60. The van der Waals surface area contributed by atoms with E-state index in [1.807, 2.05) is 0 Å². The molecule has 0 radical (unpaired) electrons. The highest BCUT2D eigenvalue weighted by atomic mass is 35.5. The van der Waals surface area contributed by atoms with E-state index in [0.717, 1.165) is 5.92 Å². The molecule has 0 heterocycles. The van der Waals surface area contributed by atoms with Crippen LogP contribution < -0.4 is 0 Å². The molecule has 1 nitrogen and oxygen atoms in total. The lowest BCUT2D eigenvalue weighted by Gasteiger charge is -2.56. The maximum Gasteiger partial charge on any atom is 0.0282 e. The number of rotatable bonds is 1. The van der Waals surface area contributed by atoms with E-state index in [9.17, 15) is 0 Å². The summed E-state index contributed by atoms with van der Waals surface area (Å²) in [6, 6.07) is 0. The summed E-state index contributed by atoms with van der Waals surface area (Å²) in [4.78, 5) is 2.48. The minimum absolute atomic E-state index is 0. The molecule has 2 aliphatic rings. The Kier molecular flexibility index (Phi) is 2.99. The van der Waals surface area contributed by atoms with Crippen molar-refractivity contribution in [3.05, 3.63) is 0 Å². The summed E-state index contributed by atoms with van der Waals surface area (Å²) in [5.74, 6) is 0.944. The molecule has 2 fully saturated rings. The van der Waals surface area contributed by atoms with Crippen LogP contribution in [0.1, 0.15) is 47.0 Å². The van der Waals surface area contributed by atoms with Gasteiger partial charge in [0.1, 0.15) is 0 Å². The number of halogens is 1. The second-order valence-corrected chi connectivity index (χ2v) is 6.69. The minimum Gasteiger partial charge on any atom is -0.303 e. The van der Waals surface area contributed by atoms with Crippen molar-refractivity contribution in [1.82, 2.24) is 4.90 Å². The maximum absolute atomic E-state index is 2.50. The molecule has 0 amide bonds. The molecule has 0 aliphatic heterocycles. The lowest BCUT2D eigenvalue weighted by atomic mass is 9.58. The summed E-state index contributed by atoms with van der Waals surface area (Å²) in [6.45, 7) is 9.93. The molecule has 0 aromatic carbocycles. The standard InChI is InChI=1S/C13H25N.ClH/c1-11(2)10-7-8-12(3,9-10)13(11,4)14(5)6;/h10H,7-9H2,1-6H3;1H/t10-,12+,13+;/m1./s1. The molecule has 0 unspecified atom stereocenters. The van der Waals surface area contributed by atoms with Crippen molar-refractivity contribution in [2.75, 3.05) is 14.1 Å². The summed E-state index contributed by atoms with van der Waals surface area (Å²) >= 11 is 0. The molecule has 2 heteroatoms. The van der Waals surface area contributed by atoms with Crippen LogP contribution >= 0.6 is 12.4 Å². The van der Waals surface area contributed by atoms with E-state index in [1.54, 1.807) is 0 Å². The van der Waals surface area contributed by atoms with Gasteiger partial charge in [-0.25, -0.2) is 0 Å². The molecule has 0 spiro atoms. The quantitative estimate of drug-likeness (QED) is 0.667. The Morgan fingerprint density at radius 1 is 1.07 bits per heavy atom. The van der Waals surface area contributed by atoms with E-state index >= 15 is 0 Å². The minimum atomic E-state index is 0. The number of hydrogen-bond acceptors (Lipinski definition) is 1. The van der Waals surface area contributed by atoms with Crippen LogP contribution in [0.4, 0.5) is 0 Å². The highest BCUT2D eigenvalue weighted by molar-refractivity contribution is 5.85. The van der Waals surface area contributed by atoms with Crippen molar-refractivity contribution in [3.8, 4) is 0 Å². The van der Waals surface area contributed by atoms with E-state index in [2.05, 4.69) is 46.7 Å². The first-order valence-electron chi connectivity index (χ1n) is 5.93. The van der Waals surface area contributed by atoms with Crippen LogP contribution in [-0.4, -0.2) is 24.5 Å². The average Bonchev–Trinajstić information content (AvgIpc) is 2.51. The summed E-state index contributed by atoms with van der Waals surface area (Å²) < 4.78 is 0. The van der Waals surface area contributed by atoms with Crippen molar-refractivity contribution >= 4 is 12.4 Å². The zero-order chi connectivity index (χ0) is 10.8. The third-order valence-electron chi connectivity index (χ3n) is 6.09. The van der Waals surface area contributed by atoms with Crippen LogP contribution in [0.2, 0.25) is 0 Å². The maximum atomic E-state index is 2.50. The van der Waals surface area contributed by atoms with Gasteiger partial charge in [-0.15, -0.1) is 12.4 Å². The van der Waals surface area contributed by atoms with Crippen LogP contribution in [0, 0.1) is 16.7 Å². The van der Waals surface area contributed by atoms with Gasteiger partial charge in [-0.2, -0.15) is 0 Å². The first-order valence-corrected chi connectivity index (χ1v) is 5.93. The van der Waals surface area contributed by atoms with Crippen molar-refractivity contribution in [3.63, 3.8) is 0 Å². The third-order valence-corrected chi connectivity index (χ3v) is 6.09. The average molecular weight is 232 g/mol. The number of nitrogens with zero attached hydrogens (tertiary/aromatic N) is 1. The monoisotopic (exact) mass is 231 g/mol. The largest absolute Gasteiger partial charge is 0.303 e. The van der Waals surface area contributed by atoms with E-state index in [4.69, 9.17) is 0 Å². The first kappa shape index (κ1) is 13.3. The topological polar surface area (TPSA) is 3.24 Å². The normalized spacial score (nSPS) is 47.0. The molecular weight excluding hydrogens is 206 g/mol. The van der Waals surface area contributed by atoms with Crippen LogP contribution in [0.5, 0.6) is 0 Å². The summed E-state index contributed by atoms with van der Waals surface area (Å²) in [5, 5.41) is 0. The van der Waals surface area contributed by atoms with Crippen LogP contribution in [0.25, 0.3) is 0 Å². The zero-order valence-electron chi connectivity index (χ0n) is 11.1. The lowest BCUT2D eigenvalue weighted by molar-refractivity contribution is -0.0565. The number of fused-ring (bicyclic) bond motifs is 2. The summed E-state index contributed by atoms with van der Waals surface area (Å²) in [5.41, 5.74) is 1.40. The SMILES string of the molecule is CN(C)[C@@]1(C)C(C)(C)[C@@H]2CC[C@@]1(C)C2.Cl. The molecule has 0 aromatic rings. The molecule has 2 saturated carbocycles. The Hall–Kier alpha value is 0.250. The van der Waals surface area contributed by atoms with Gasteiger partial charge in [0.25, 0.3) is 0 Å². The highest BCUT2D eigenvalue weighted by Crippen LogP contribution is 2.69. The fourth-order valence-corrected chi connectivity index (χ4v) is 4.59. The van der Waals surface area contributed by atoms with Crippen LogP contribution in [-0.2, 0) is 0 Å². The van der Waals surface area contributed by atoms with Crippen molar-refractivity contribution in [1.29, 1.82) is 0 Å². The Bertz CT molecular complexity index is 255. The predicted octanol–water partition coefficient (Wildman–Crippen LogP) is 3.57. The van der Waals surface area contributed by atoms with Gasteiger partial charge in [0.2, 0.25) is 0 Å². The molecule has 0 N–H and O–H groups in total. The van der Waals surface area contributed by atoms with Crippen LogP contribution in [0.15, 0.2) is 0 Å². The molecule has 2 aliphatic carbocycles. The molecular formula is C13H26ClN. The van der Waals surface area contributed by atoms with Crippen molar-refractivity contribution in [2.45, 2.75) is 52.5 Å².